The van der Waals surface area contributed by atoms with E-state index in [2.05, 4.69) is 10.2 Å². The van der Waals surface area contributed by atoms with Crippen LogP contribution in [0.5, 0.6) is 17.2 Å². The van der Waals surface area contributed by atoms with Crippen molar-refractivity contribution in [1.29, 1.82) is 0 Å². The van der Waals surface area contributed by atoms with Gasteiger partial charge in [0, 0.05) is 12.0 Å². The molecule has 1 saturated heterocycles. The van der Waals surface area contributed by atoms with Crippen LogP contribution in [0.4, 0.5) is 0 Å². The zero-order valence-electron chi connectivity index (χ0n) is 11.6. The number of nitrogens with zero attached hydrogens (tertiary/aromatic N) is 1. The molecule has 22 heavy (non-hydrogen) atoms. The summed E-state index contributed by atoms with van der Waals surface area (Å²) >= 11 is 0. The molecule has 0 aliphatic carbocycles. The number of amides is 2. The predicted octanol–water partition coefficient (Wildman–Crippen LogP) is -0.530. The van der Waals surface area contributed by atoms with E-state index in [1.807, 2.05) is 0 Å². The van der Waals surface area contributed by atoms with Crippen LogP contribution in [0.3, 0.4) is 0 Å². The SMILES string of the molecule is COC(=O)C1CC(=O)NN(C(=O)c2cc(O)c(O)c(O)c2)C1. The van der Waals surface area contributed by atoms with Gasteiger partial charge >= 0.3 is 5.97 Å². The first-order valence-corrected chi connectivity index (χ1v) is 6.27. The number of esters is 1. The van der Waals surface area contributed by atoms with E-state index in [1.54, 1.807) is 0 Å². The van der Waals surface area contributed by atoms with Gasteiger partial charge in [0.2, 0.25) is 5.91 Å². The summed E-state index contributed by atoms with van der Waals surface area (Å²) in [7, 11) is 1.18. The van der Waals surface area contributed by atoms with Gasteiger partial charge in [-0.15, -0.1) is 0 Å². The molecule has 1 atom stereocenters. The maximum absolute atomic E-state index is 12.3. The standard InChI is InChI=1S/C13H14N2O7/c1-22-13(21)7-4-10(18)14-15(5-7)12(20)6-2-8(16)11(19)9(17)3-6/h2-3,7,16-17,19H,4-5H2,1H3,(H,14,18). The smallest absolute Gasteiger partial charge is 0.311 e. The lowest BCUT2D eigenvalue weighted by Crippen LogP contribution is -2.54. The number of phenols is 3. The van der Waals surface area contributed by atoms with Gasteiger partial charge in [0.1, 0.15) is 0 Å². The van der Waals surface area contributed by atoms with E-state index in [0.29, 0.717) is 0 Å². The van der Waals surface area contributed by atoms with Crippen molar-refractivity contribution in [2.45, 2.75) is 6.42 Å². The Morgan fingerprint density at radius 1 is 1.27 bits per heavy atom. The molecule has 2 amide bonds. The fourth-order valence-electron chi connectivity index (χ4n) is 2.09. The Kier molecular flexibility index (Phi) is 4.06. The summed E-state index contributed by atoms with van der Waals surface area (Å²) in [5.74, 6) is -4.85. The molecule has 118 valence electrons. The first kappa shape index (κ1) is 15.4. The Labute approximate surface area is 124 Å². The third-order valence-corrected chi connectivity index (χ3v) is 3.19. The molecule has 0 bridgehead atoms. The molecule has 1 heterocycles. The minimum Gasteiger partial charge on any atom is -0.504 e. The van der Waals surface area contributed by atoms with Crippen LogP contribution in [0, 0.1) is 5.92 Å². The van der Waals surface area contributed by atoms with Crippen molar-refractivity contribution in [2.24, 2.45) is 5.92 Å². The fourth-order valence-corrected chi connectivity index (χ4v) is 2.09. The van der Waals surface area contributed by atoms with Gasteiger partial charge in [-0.2, -0.15) is 0 Å². The van der Waals surface area contributed by atoms with Gasteiger partial charge in [-0.3, -0.25) is 19.8 Å². The Hall–Kier alpha value is -2.97. The number of hydrazine groups is 1. The number of rotatable bonds is 2. The van der Waals surface area contributed by atoms with Gasteiger partial charge < -0.3 is 20.1 Å². The van der Waals surface area contributed by atoms with E-state index >= 15 is 0 Å². The molecule has 9 heteroatoms. The summed E-state index contributed by atoms with van der Waals surface area (Å²) in [6.45, 7) is -0.111. The number of carbonyl (C=O) groups excluding carboxylic acids is 3. The minimum absolute atomic E-state index is 0.109. The molecule has 1 aliphatic rings. The van der Waals surface area contributed by atoms with Crippen molar-refractivity contribution in [2.75, 3.05) is 13.7 Å². The number of phenolic OH excluding ortho intramolecular Hbond substituents is 3. The van der Waals surface area contributed by atoms with Crippen LogP contribution in [0.15, 0.2) is 12.1 Å². The highest BCUT2D eigenvalue weighted by molar-refractivity contribution is 5.98. The van der Waals surface area contributed by atoms with Gasteiger partial charge in [0.05, 0.1) is 19.6 Å². The lowest BCUT2D eigenvalue weighted by molar-refractivity contribution is -0.151. The van der Waals surface area contributed by atoms with Gasteiger partial charge in [-0.25, -0.2) is 5.01 Å². The van der Waals surface area contributed by atoms with Crippen molar-refractivity contribution >= 4 is 17.8 Å². The van der Waals surface area contributed by atoms with Crippen molar-refractivity contribution < 1.29 is 34.4 Å². The minimum atomic E-state index is -0.804. The molecule has 1 aromatic rings. The maximum atomic E-state index is 12.3. The predicted molar refractivity (Wildman–Crippen MR) is 70.7 cm³/mol. The fraction of sp³-hybridized carbons (Fsp3) is 0.308. The topological polar surface area (TPSA) is 136 Å². The monoisotopic (exact) mass is 310 g/mol. The molecule has 1 fully saturated rings. The molecule has 1 unspecified atom stereocenters. The van der Waals surface area contributed by atoms with Gasteiger partial charge in [0.25, 0.3) is 5.91 Å². The van der Waals surface area contributed by atoms with E-state index in [9.17, 15) is 29.7 Å². The lowest BCUT2D eigenvalue weighted by Gasteiger charge is -2.31. The molecule has 9 nitrogen and oxygen atoms in total. The second-order valence-corrected chi connectivity index (χ2v) is 4.74. The summed E-state index contributed by atoms with van der Waals surface area (Å²) < 4.78 is 4.56. The first-order chi connectivity index (χ1) is 10.3. The quantitative estimate of drug-likeness (QED) is 0.426. The average molecular weight is 310 g/mol. The number of hydrogen-bond acceptors (Lipinski definition) is 7. The van der Waals surface area contributed by atoms with Gasteiger partial charge in [-0.05, 0) is 12.1 Å². The Bertz CT molecular complexity index is 620. The van der Waals surface area contributed by atoms with Crippen molar-refractivity contribution in [1.82, 2.24) is 10.4 Å². The number of benzene rings is 1. The average Bonchev–Trinajstić information content (AvgIpc) is 2.49. The number of ether oxygens (including phenoxy) is 1. The zero-order chi connectivity index (χ0) is 16.4. The maximum Gasteiger partial charge on any atom is 0.311 e. The highest BCUT2D eigenvalue weighted by Crippen LogP contribution is 2.35. The highest BCUT2D eigenvalue weighted by atomic mass is 16.5. The molecule has 2 rings (SSSR count). The third-order valence-electron chi connectivity index (χ3n) is 3.19. The van der Waals surface area contributed by atoms with Crippen LogP contribution in [0.2, 0.25) is 0 Å². The van der Waals surface area contributed by atoms with E-state index in [1.165, 1.54) is 7.11 Å². The number of carbonyl (C=O) groups is 3. The normalized spacial score (nSPS) is 17.8. The van der Waals surface area contributed by atoms with Crippen molar-refractivity contribution in [3.63, 3.8) is 0 Å². The van der Waals surface area contributed by atoms with Gasteiger partial charge in [-0.1, -0.05) is 0 Å². The van der Waals surface area contributed by atoms with Crippen molar-refractivity contribution in [3.05, 3.63) is 17.7 Å². The molecular formula is C13H14N2O7. The third kappa shape index (κ3) is 2.87. The summed E-state index contributed by atoms with van der Waals surface area (Å²) in [6, 6.07) is 1.87. The van der Waals surface area contributed by atoms with Crippen LogP contribution in [-0.4, -0.2) is 51.8 Å². The first-order valence-electron chi connectivity index (χ1n) is 6.27. The number of aromatic hydroxyl groups is 3. The second-order valence-electron chi connectivity index (χ2n) is 4.74. The Morgan fingerprint density at radius 2 is 1.86 bits per heavy atom. The molecule has 0 spiro atoms. The van der Waals surface area contributed by atoms with E-state index in [4.69, 9.17) is 0 Å². The van der Waals surface area contributed by atoms with Crippen molar-refractivity contribution in [3.8, 4) is 17.2 Å². The molecule has 0 aromatic heterocycles. The molecular weight excluding hydrogens is 296 g/mol. The summed E-state index contributed by atoms with van der Waals surface area (Å²) in [5.41, 5.74) is 2.12. The number of hydrogen-bond donors (Lipinski definition) is 4. The molecule has 1 aromatic carbocycles. The highest BCUT2D eigenvalue weighted by Gasteiger charge is 2.34. The van der Waals surface area contributed by atoms with E-state index in [-0.39, 0.29) is 18.5 Å². The largest absolute Gasteiger partial charge is 0.504 e. The van der Waals surface area contributed by atoms with E-state index < -0.39 is 41.0 Å². The number of methoxy groups -OCH3 is 1. The van der Waals surface area contributed by atoms with Crippen LogP contribution in [0.1, 0.15) is 16.8 Å². The van der Waals surface area contributed by atoms with Crippen LogP contribution in [0.25, 0.3) is 0 Å². The number of nitrogens with one attached hydrogen (secondary N) is 1. The van der Waals surface area contributed by atoms with E-state index in [0.717, 1.165) is 17.1 Å². The van der Waals surface area contributed by atoms with Gasteiger partial charge in [0.15, 0.2) is 17.2 Å². The second kappa shape index (κ2) is 5.80. The molecule has 1 aliphatic heterocycles. The summed E-state index contributed by atoms with van der Waals surface area (Å²) in [5, 5.41) is 29.0. The summed E-state index contributed by atoms with van der Waals surface area (Å²) in [4.78, 5) is 35.4. The Balaban J connectivity index is 2.25. The molecule has 0 radical (unpaired) electrons. The Morgan fingerprint density at radius 3 is 2.41 bits per heavy atom. The van der Waals surface area contributed by atoms with Crippen LogP contribution in [-0.2, 0) is 14.3 Å². The lowest BCUT2D eigenvalue weighted by atomic mass is 10.0. The molecule has 4 N–H and O–H groups in total. The molecule has 0 saturated carbocycles. The zero-order valence-corrected chi connectivity index (χ0v) is 11.6. The van der Waals surface area contributed by atoms with Crippen LogP contribution >= 0.6 is 0 Å². The van der Waals surface area contributed by atoms with Crippen LogP contribution < -0.4 is 5.43 Å². The summed E-state index contributed by atoms with van der Waals surface area (Å²) in [6.07, 6.45) is -0.109.